The van der Waals surface area contributed by atoms with E-state index in [1.165, 1.54) is 55.3 Å². The van der Waals surface area contributed by atoms with Crippen LogP contribution in [0.5, 0.6) is 0 Å². The van der Waals surface area contributed by atoms with Gasteiger partial charge < -0.3 is 0 Å². The minimum Gasteiger partial charge on any atom is -0.228 e. The molecule has 0 N–H and O–H groups in total. The van der Waals surface area contributed by atoms with Gasteiger partial charge in [-0.2, -0.15) is 0 Å². The zero-order chi connectivity index (χ0) is 41.7. The Balaban J connectivity index is 1.05. The second kappa shape index (κ2) is 15.1. The third-order valence-corrected chi connectivity index (χ3v) is 12.9. The van der Waals surface area contributed by atoms with Crippen molar-refractivity contribution in [1.82, 2.24) is 9.97 Å². The van der Waals surface area contributed by atoms with E-state index in [2.05, 4.69) is 231 Å². The van der Waals surface area contributed by atoms with Crippen molar-refractivity contribution in [2.45, 2.75) is 5.41 Å². The van der Waals surface area contributed by atoms with Gasteiger partial charge in [0.25, 0.3) is 0 Å². The lowest BCUT2D eigenvalue weighted by Crippen LogP contribution is -2.29. The maximum Gasteiger partial charge on any atom is 0.161 e. The van der Waals surface area contributed by atoms with Crippen molar-refractivity contribution in [2.24, 2.45) is 0 Å². The average molecular weight is 801 g/mol. The van der Waals surface area contributed by atoms with Gasteiger partial charge in [0.05, 0.1) is 16.8 Å². The van der Waals surface area contributed by atoms with E-state index >= 15 is 0 Å². The fourth-order valence-electron chi connectivity index (χ4n) is 10.2. The van der Waals surface area contributed by atoms with Crippen LogP contribution in [0.3, 0.4) is 0 Å². The average Bonchev–Trinajstić information content (AvgIpc) is 3.66. The Bertz CT molecular complexity index is 3390. The predicted octanol–water partition coefficient (Wildman–Crippen LogP) is 15.5. The van der Waals surface area contributed by atoms with E-state index < -0.39 is 5.41 Å². The molecule has 0 bridgehead atoms. The van der Waals surface area contributed by atoms with Gasteiger partial charge in [-0.25, -0.2) is 9.97 Å². The second-order valence-electron chi connectivity index (χ2n) is 16.4. The molecule has 0 spiro atoms. The molecule has 12 rings (SSSR count). The number of hydrogen-bond donors (Lipinski definition) is 0. The van der Waals surface area contributed by atoms with Gasteiger partial charge >= 0.3 is 0 Å². The highest BCUT2D eigenvalue weighted by Gasteiger charge is 2.47. The minimum absolute atomic E-state index is 0.551. The van der Waals surface area contributed by atoms with Crippen molar-refractivity contribution < 1.29 is 0 Å². The van der Waals surface area contributed by atoms with Crippen molar-refractivity contribution in [3.63, 3.8) is 0 Å². The number of hydrogen-bond acceptors (Lipinski definition) is 2. The normalized spacial score (nSPS) is 12.6. The molecule has 1 aromatic heterocycles. The van der Waals surface area contributed by atoms with Crippen LogP contribution in [0, 0.1) is 0 Å². The number of fused-ring (bicyclic) bond motifs is 5. The zero-order valence-electron chi connectivity index (χ0n) is 34.5. The first kappa shape index (κ1) is 36.6. The van der Waals surface area contributed by atoms with Crippen LogP contribution >= 0.6 is 0 Å². The quantitative estimate of drug-likeness (QED) is 0.160. The first-order chi connectivity index (χ1) is 31.2. The Morgan fingerprint density at radius 2 is 0.746 bits per heavy atom. The van der Waals surface area contributed by atoms with Crippen molar-refractivity contribution in [2.75, 3.05) is 0 Å². The summed E-state index contributed by atoms with van der Waals surface area (Å²) >= 11 is 0. The maximum atomic E-state index is 5.23. The molecule has 63 heavy (non-hydrogen) atoms. The first-order valence-corrected chi connectivity index (χ1v) is 21.6. The summed E-state index contributed by atoms with van der Waals surface area (Å²) in [6.07, 6.45) is 0. The third kappa shape index (κ3) is 6.02. The summed E-state index contributed by atoms with van der Waals surface area (Å²) in [6.45, 7) is 0. The molecule has 2 heteroatoms. The molecule has 0 unspecified atom stereocenters. The van der Waals surface area contributed by atoms with Gasteiger partial charge in [0, 0.05) is 16.7 Å². The highest BCUT2D eigenvalue weighted by Crippen LogP contribution is 2.59. The lowest BCUT2D eigenvalue weighted by molar-refractivity contribution is 0.771. The van der Waals surface area contributed by atoms with Crippen LogP contribution in [0.1, 0.15) is 22.3 Å². The molecule has 0 atom stereocenters. The molecule has 2 nitrogen and oxygen atoms in total. The molecule has 0 fully saturated rings. The molecular weight excluding hydrogens is 761 g/mol. The Hall–Kier alpha value is -8.20. The van der Waals surface area contributed by atoms with Crippen LogP contribution < -0.4 is 0 Å². The Morgan fingerprint density at radius 3 is 1.37 bits per heavy atom. The van der Waals surface area contributed by atoms with E-state index in [1.54, 1.807) is 0 Å². The minimum atomic E-state index is -0.551. The molecule has 0 saturated carbocycles. The Kier molecular flexibility index (Phi) is 8.76. The lowest BCUT2D eigenvalue weighted by Gasteiger charge is -2.35. The maximum absolute atomic E-state index is 5.23. The van der Waals surface area contributed by atoms with Crippen molar-refractivity contribution in [3.05, 3.63) is 265 Å². The summed E-state index contributed by atoms with van der Waals surface area (Å²) in [5, 5.41) is 4.75. The van der Waals surface area contributed by atoms with Crippen LogP contribution in [0.15, 0.2) is 243 Å². The monoisotopic (exact) mass is 800 g/mol. The summed E-state index contributed by atoms with van der Waals surface area (Å²) in [7, 11) is 0. The van der Waals surface area contributed by atoms with Gasteiger partial charge in [-0.3, -0.25) is 0 Å². The van der Waals surface area contributed by atoms with Crippen molar-refractivity contribution in [1.29, 1.82) is 0 Å². The standard InChI is InChI=1S/C61H40N2/c1-5-19-41(20-6-1)57-40-58(42-21-7-2-8-22-42)63-60(62-57)54-36-35-49(51-31-15-16-32-52(51)54)45-25-17-26-46(37-45)50-33-18-34-53-55-38-43-23-13-14-24-44(43)39-56(55)61(59(50)53,47-27-9-3-10-28-47)48-29-11-4-12-30-48/h1-40H. The molecule has 11 aromatic rings. The molecule has 0 aliphatic heterocycles. The van der Waals surface area contributed by atoms with Gasteiger partial charge in [-0.15, -0.1) is 0 Å². The van der Waals surface area contributed by atoms with Crippen molar-refractivity contribution in [3.8, 4) is 67.3 Å². The highest BCUT2D eigenvalue weighted by molar-refractivity contribution is 6.05. The fourth-order valence-corrected chi connectivity index (χ4v) is 10.2. The van der Waals surface area contributed by atoms with Crippen LogP contribution in [0.4, 0.5) is 0 Å². The predicted molar refractivity (Wildman–Crippen MR) is 262 cm³/mol. The largest absolute Gasteiger partial charge is 0.228 e. The molecule has 1 heterocycles. The molecule has 294 valence electrons. The fraction of sp³-hybridized carbons (Fsp3) is 0.0164. The molecule has 0 amide bonds. The molecule has 10 aromatic carbocycles. The Morgan fingerprint density at radius 1 is 0.286 bits per heavy atom. The first-order valence-electron chi connectivity index (χ1n) is 21.6. The summed E-state index contributed by atoms with van der Waals surface area (Å²) in [5.41, 5.74) is 16.8. The smallest absolute Gasteiger partial charge is 0.161 e. The summed E-state index contributed by atoms with van der Waals surface area (Å²) in [4.78, 5) is 10.5. The van der Waals surface area contributed by atoms with Crippen LogP contribution in [-0.4, -0.2) is 9.97 Å². The SMILES string of the molecule is c1ccc(-c2cc(-c3ccccc3)nc(-c3ccc(-c4cccc(-c5cccc6c5C(c5ccccc5)(c5ccccc5)c5cc7ccccc7cc5-6)c4)c4ccccc34)n2)cc1. The summed E-state index contributed by atoms with van der Waals surface area (Å²) < 4.78 is 0. The van der Waals surface area contributed by atoms with Gasteiger partial charge in [0.15, 0.2) is 5.82 Å². The highest BCUT2D eigenvalue weighted by atomic mass is 14.9. The van der Waals surface area contributed by atoms with E-state index in [1.807, 2.05) is 12.1 Å². The Labute approximate surface area is 367 Å². The van der Waals surface area contributed by atoms with E-state index in [4.69, 9.17) is 9.97 Å². The topological polar surface area (TPSA) is 25.8 Å². The molecular formula is C61H40N2. The van der Waals surface area contributed by atoms with Crippen LogP contribution in [0.25, 0.3) is 88.8 Å². The van der Waals surface area contributed by atoms with Crippen LogP contribution in [-0.2, 0) is 5.41 Å². The zero-order valence-corrected chi connectivity index (χ0v) is 34.5. The van der Waals surface area contributed by atoms with Gasteiger partial charge in [0.2, 0.25) is 0 Å². The number of benzene rings is 10. The van der Waals surface area contributed by atoms with Gasteiger partial charge in [-0.1, -0.05) is 212 Å². The molecule has 0 saturated heterocycles. The number of aromatic nitrogens is 2. The van der Waals surface area contributed by atoms with Gasteiger partial charge in [0.1, 0.15) is 0 Å². The van der Waals surface area contributed by atoms with Crippen LogP contribution in [0.2, 0.25) is 0 Å². The van der Waals surface area contributed by atoms with E-state index in [0.717, 1.165) is 50.0 Å². The third-order valence-electron chi connectivity index (χ3n) is 12.9. The van der Waals surface area contributed by atoms with Gasteiger partial charge in [-0.05, 0) is 108 Å². The molecule has 1 aliphatic rings. The molecule has 1 aliphatic carbocycles. The van der Waals surface area contributed by atoms with E-state index in [9.17, 15) is 0 Å². The second-order valence-corrected chi connectivity index (χ2v) is 16.4. The summed E-state index contributed by atoms with van der Waals surface area (Å²) in [6, 6.07) is 87.9. The van der Waals surface area contributed by atoms with E-state index in [0.29, 0.717) is 5.82 Å². The van der Waals surface area contributed by atoms with E-state index in [-0.39, 0.29) is 0 Å². The number of nitrogens with zero attached hydrogens (tertiary/aromatic N) is 2. The number of rotatable bonds is 7. The van der Waals surface area contributed by atoms with Crippen molar-refractivity contribution >= 4 is 21.5 Å². The lowest BCUT2D eigenvalue weighted by atomic mass is 9.66. The molecule has 0 radical (unpaired) electrons. The summed E-state index contributed by atoms with van der Waals surface area (Å²) in [5.74, 6) is 0.706.